The number of aryl methyl sites for hydroxylation is 1. The molecule has 1 aliphatic heterocycles. The van der Waals surface area contributed by atoms with Crippen molar-refractivity contribution in [3.05, 3.63) is 22.3 Å². The predicted molar refractivity (Wildman–Crippen MR) is 64.3 cm³/mol. The van der Waals surface area contributed by atoms with Crippen molar-refractivity contribution in [1.29, 1.82) is 0 Å². The summed E-state index contributed by atoms with van der Waals surface area (Å²) in [6.07, 6.45) is 2.28. The molecule has 2 heterocycles. The first kappa shape index (κ1) is 10.9. The van der Waals surface area contributed by atoms with Gasteiger partial charge < -0.3 is 9.64 Å². The Labute approximate surface area is 98.6 Å². The maximum Gasteiger partial charge on any atom is 0.143 e. The highest BCUT2D eigenvalue weighted by Gasteiger charge is 2.29. The summed E-state index contributed by atoms with van der Waals surface area (Å²) < 4.78 is 6.58. The van der Waals surface area contributed by atoms with Gasteiger partial charge in [0.25, 0.3) is 0 Å². The molecule has 1 saturated heterocycles. The van der Waals surface area contributed by atoms with E-state index in [1.807, 2.05) is 20.0 Å². The van der Waals surface area contributed by atoms with Gasteiger partial charge in [0.1, 0.15) is 5.82 Å². The Kier molecular flexibility index (Phi) is 3.26. The number of aromatic nitrogens is 1. The van der Waals surface area contributed by atoms with E-state index in [2.05, 4.69) is 31.9 Å². The van der Waals surface area contributed by atoms with Crippen molar-refractivity contribution in [3.8, 4) is 0 Å². The van der Waals surface area contributed by atoms with Crippen molar-refractivity contribution in [3.63, 3.8) is 0 Å². The Morgan fingerprint density at radius 3 is 2.93 bits per heavy atom. The van der Waals surface area contributed by atoms with Crippen LogP contribution >= 0.6 is 15.9 Å². The summed E-state index contributed by atoms with van der Waals surface area (Å²) in [7, 11) is 0. The second-order valence-electron chi connectivity index (χ2n) is 3.80. The summed E-state index contributed by atoms with van der Waals surface area (Å²) in [6, 6.07) is 2.09. The molecule has 1 aromatic rings. The lowest BCUT2D eigenvalue weighted by Gasteiger charge is -2.40. The third-order valence-corrected chi connectivity index (χ3v) is 3.09. The minimum absolute atomic E-state index is 0.380. The van der Waals surface area contributed by atoms with Crippen molar-refractivity contribution in [2.75, 3.05) is 24.6 Å². The molecule has 0 N–H and O–H groups in total. The zero-order chi connectivity index (χ0) is 10.8. The van der Waals surface area contributed by atoms with Crippen LogP contribution in [-0.4, -0.2) is 30.8 Å². The van der Waals surface area contributed by atoms with Crippen LogP contribution in [0.2, 0.25) is 0 Å². The third-order valence-electron chi connectivity index (χ3n) is 2.51. The van der Waals surface area contributed by atoms with E-state index in [-0.39, 0.29) is 0 Å². The van der Waals surface area contributed by atoms with Crippen LogP contribution in [0.25, 0.3) is 0 Å². The highest BCUT2D eigenvalue weighted by atomic mass is 79.9. The van der Waals surface area contributed by atoms with Gasteiger partial charge in [-0.1, -0.05) is 0 Å². The van der Waals surface area contributed by atoms with Crippen molar-refractivity contribution in [1.82, 2.24) is 4.98 Å². The molecule has 3 nitrogen and oxygen atoms in total. The summed E-state index contributed by atoms with van der Waals surface area (Å²) in [5.74, 6) is 1.02. The van der Waals surface area contributed by atoms with Gasteiger partial charge in [0.05, 0.1) is 10.6 Å². The fourth-order valence-electron chi connectivity index (χ4n) is 1.71. The minimum Gasteiger partial charge on any atom is -0.375 e. The average molecular weight is 271 g/mol. The summed E-state index contributed by atoms with van der Waals surface area (Å²) in [6.45, 7) is 6.76. The molecule has 82 valence electrons. The molecule has 0 bridgehead atoms. The van der Waals surface area contributed by atoms with E-state index in [1.54, 1.807) is 0 Å². The summed E-state index contributed by atoms with van der Waals surface area (Å²) >= 11 is 3.54. The Morgan fingerprint density at radius 1 is 1.60 bits per heavy atom. The highest BCUT2D eigenvalue weighted by molar-refractivity contribution is 9.10. The average Bonchev–Trinajstić information content (AvgIpc) is 2.12. The number of halogens is 1. The van der Waals surface area contributed by atoms with Crippen LogP contribution in [0.4, 0.5) is 5.82 Å². The van der Waals surface area contributed by atoms with Crippen molar-refractivity contribution < 1.29 is 4.74 Å². The van der Waals surface area contributed by atoms with Crippen LogP contribution in [0.15, 0.2) is 16.7 Å². The highest BCUT2D eigenvalue weighted by Crippen LogP contribution is 2.28. The lowest BCUT2D eigenvalue weighted by molar-refractivity contribution is 0.0426. The summed E-state index contributed by atoms with van der Waals surface area (Å²) in [5.41, 5.74) is 1.17. The smallest absolute Gasteiger partial charge is 0.143 e. The topological polar surface area (TPSA) is 25.4 Å². The van der Waals surface area contributed by atoms with Crippen LogP contribution in [0.1, 0.15) is 12.5 Å². The van der Waals surface area contributed by atoms with Gasteiger partial charge in [-0.15, -0.1) is 0 Å². The number of hydrogen-bond acceptors (Lipinski definition) is 3. The molecule has 0 atom stereocenters. The molecule has 0 unspecified atom stereocenters. The van der Waals surface area contributed by atoms with Gasteiger partial charge in [-0.25, -0.2) is 4.98 Å². The molecule has 1 aromatic heterocycles. The van der Waals surface area contributed by atoms with E-state index < -0.39 is 0 Å². The largest absolute Gasteiger partial charge is 0.375 e. The van der Waals surface area contributed by atoms with E-state index in [9.17, 15) is 0 Å². The lowest BCUT2D eigenvalue weighted by atomic mass is 10.1. The zero-order valence-corrected chi connectivity index (χ0v) is 10.6. The van der Waals surface area contributed by atoms with E-state index in [0.717, 1.165) is 30.0 Å². The maximum atomic E-state index is 5.51. The predicted octanol–water partition coefficient (Wildman–Crippen LogP) is 2.38. The van der Waals surface area contributed by atoms with Gasteiger partial charge in [0, 0.05) is 25.9 Å². The van der Waals surface area contributed by atoms with Crippen LogP contribution < -0.4 is 4.90 Å². The molecule has 0 aliphatic carbocycles. The molecular weight excluding hydrogens is 256 g/mol. The first-order valence-corrected chi connectivity index (χ1v) is 5.98. The van der Waals surface area contributed by atoms with Crippen LogP contribution in [0.3, 0.4) is 0 Å². The van der Waals surface area contributed by atoms with Crippen molar-refractivity contribution >= 4 is 21.7 Å². The third kappa shape index (κ3) is 2.32. The Morgan fingerprint density at radius 2 is 2.33 bits per heavy atom. The zero-order valence-electron chi connectivity index (χ0n) is 9.03. The lowest BCUT2D eigenvalue weighted by Crippen LogP contribution is -2.52. The first-order chi connectivity index (χ1) is 7.20. The van der Waals surface area contributed by atoms with Gasteiger partial charge in [0.15, 0.2) is 0 Å². The maximum absolute atomic E-state index is 5.51. The number of anilines is 1. The molecular formula is C11H15BrN2O. The van der Waals surface area contributed by atoms with Crippen LogP contribution in [-0.2, 0) is 4.74 Å². The SMILES string of the molecule is CCOC1CN(c2ncc(C)cc2Br)C1. The molecule has 2 rings (SSSR count). The van der Waals surface area contributed by atoms with E-state index in [4.69, 9.17) is 4.74 Å². The normalized spacial score (nSPS) is 16.6. The molecule has 0 radical (unpaired) electrons. The second-order valence-corrected chi connectivity index (χ2v) is 4.65. The number of ether oxygens (including phenoxy) is 1. The van der Waals surface area contributed by atoms with Gasteiger partial charge >= 0.3 is 0 Å². The van der Waals surface area contributed by atoms with Crippen molar-refractivity contribution in [2.24, 2.45) is 0 Å². The van der Waals surface area contributed by atoms with Gasteiger partial charge in [0.2, 0.25) is 0 Å². The molecule has 4 heteroatoms. The summed E-state index contributed by atoms with van der Waals surface area (Å²) in [5, 5.41) is 0. The van der Waals surface area contributed by atoms with Crippen molar-refractivity contribution in [2.45, 2.75) is 20.0 Å². The van der Waals surface area contributed by atoms with Gasteiger partial charge in [-0.05, 0) is 41.4 Å². The van der Waals surface area contributed by atoms with E-state index in [0.29, 0.717) is 6.10 Å². The second kappa shape index (κ2) is 4.49. The molecule has 0 saturated carbocycles. The number of rotatable bonds is 3. The van der Waals surface area contributed by atoms with Gasteiger partial charge in [-0.3, -0.25) is 0 Å². The molecule has 1 fully saturated rings. The molecule has 15 heavy (non-hydrogen) atoms. The monoisotopic (exact) mass is 270 g/mol. The van der Waals surface area contributed by atoms with Crippen LogP contribution in [0.5, 0.6) is 0 Å². The minimum atomic E-state index is 0.380. The van der Waals surface area contributed by atoms with E-state index in [1.165, 1.54) is 5.56 Å². The standard InChI is InChI=1S/C11H15BrN2O/c1-3-15-9-6-14(7-9)11-10(12)4-8(2)5-13-11/h4-5,9H,3,6-7H2,1-2H3. The Bertz CT molecular complexity index is 350. The first-order valence-electron chi connectivity index (χ1n) is 5.19. The fraction of sp³-hybridized carbons (Fsp3) is 0.545. The number of nitrogens with zero attached hydrogens (tertiary/aromatic N) is 2. The van der Waals surface area contributed by atoms with Gasteiger partial charge in [-0.2, -0.15) is 0 Å². The number of pyridine rings is 1. The molecule has 1 aliphatic rings. The Hall–Kier alpha value is -0.610. The van der Waals surface area contributed by atoms with Crippen LogP contribution in [0, 0.1) is 6.92 Å². The Balaban J connectivity index is 2.01. The molecule has 0 aromatic carbocycles. The molecule has 0 spiro atoms. The number of hydrogen-bond donors (Lipinski definition) is 0. The molecule has 0 amide bonds. The fourth-order valence-corrected chi connectivity index (χ4v) is 2.43. The van der Waals surface area contributed by atoms with E-state index >= 15 is 0 Å². The summed E-state index contributed by atoms with van der Waals surface area (Å²) in [4.78, 5) is 6.64. The quantitative estimate of drug-likeness (QED) is 0.844.